The average Bonchev–Trinajstić information content (AvgIpc) is 2.71. The van der Waals surface area contributed by atoms with Crippen LogP contribution in [0.5, 0.6) is 0 Å². The molecule has 2 heterocycles. The molecular formula is C9H6ClN7. The standard InChI is InChI=1S/C9H6ClN7/c10-7-12-8(11)14-9(13-7)17-6-4-2-1-3-5(6)15-16-17/h1-4H,(H2,11,12,13,14). The highest BCUT2D eigenvalue weighted by molar-refractivity contribution is 6.28. The summed E-state index contributed by atoms with van der Waals surface area (Å²) in [4.78, 5) is 11.6. The molecule has 8 heteroatoms. The molecule has 0 amide bonds. The number of nitrogens with two attached hydrogens (primary N) is 1. The fourth-order valence-electron chi connectivity index (χ4n) is 1.47. The third-order valence-electron chi connectivity index (χ3n) is 2.15. The summed E-state index contributed by atoms with van der Waals surface area (Å²) < 4.78 is 1.46. The molecule has 2 N–H and O–H groups in total. The van der Waals surface area contributed by atoms with Crippen molar-refractivity contribution in [3.8, 4) is 5.95 Å². The van der Waals surface area contributed by atoms with Gasteiger partial charge < -0.3 is 5.73 Å². The molecule has 0 bridgehead atoms. The van der Waals surface area contributed by atoms with Crippen LogP contribution in [-0.4, -0.2) is 29.9 Å². The summed E-state index contributed by atoms with van der Waals surface area (Å²) in [5, 5.41) is 7.95. The Bertz CT molecular complexity index is 672. The minimum atomic E-state index is 0.0204. The van der Waals surface area contributed by atoms with Crippen LogP contribution in [0.25, 0.3) is 17.0 Å². The van der Waals surface area contributed by atoms with Gasteiger partial charge in [-0.2, -0.15) is 19.6 Å². The highest BCUT2D eigenvalue weighted by Crippen LogP contribution is 2.14. The van der Waals surface area contributed by atoms with Crippen LogP contribution in [0.3, 0.4) is 0 Å². The molecule has 0 radical (unpaired) electrons. The molecule has 2 aromatic heterocycles. The topological polar surface area (TPSA) is 95.4 Å². The third kappa shape index (κ3) is 1.66. The summed E-state index contributed by atoms with van der Waals surface area (Å²) in [5.74, 6) is 0.288. The predicted molar refractivity (Wildman–Crippen MR) is 61.7 cm³/mol. The smallest absolute Gasteiger partial charge is 0.258 e. The maximum Gasteiger partial charge on any atom is 0.258 e. The van der Waals surface area contributed by atoms with Crippen LogP contribution in [0.15, 0.2) is 24.3 Å². The van der Waals surface area contributed by atoms with E-state index in [9.17, 15) is 0 Å². The SMILES string of the molecule is Nc1nc(Cl)nc(-n2nnc3ccccc32)n1. The molecule has 0 fully saturated rings. The largest absolute Gasteiger partial charge is 0.368 e. The van der Waals surface area contributed by atoms with E-state index in [1.807, 2.05) is 24.3 Å². The zero-order valence-corrected chi connectivity index (χ0v) is 9.20. The fraction of sp³-hybridized carbons (Fsp3) is 0. The number of fused-ring (bicyclic) bond motifs is 1. The van der Waals surface area contributed by atoms with Crippen LogP contribution in [0.1, 0.15) is 0 Å². The van der Waals surface area contributed by atoms with Gasteiger partial charge in [-0.05, 0) is 23.7 Å². The summed E-state index contributed by atoms with van der Waals surface area (Å²) in [6.45, 7) is 0. The molecule has 84 valence electrons. The number of halogens is 1. The highest BCUT2D eigenvalue weighted by atomic mass is 35.5. The Balaban J connectivity index is 2.27. The molecule has 0 unspecified atom stereocenters. The summed E-state index contributed by atoms with van der Waals surface area (Å²) in [5.41, 5.74) is 7.01. The molecule has 7 nitrogen and oxygen atoms in total. The predicted octanol–water partition coefficient (Wildman–Crippen LogP) is 0.841. The first-order chi connectivity index (χ1) is 8.24. The van der Waals surface area contributed by atoms with E-state index in [-0.39, 0.29) is 17.2 Å². The van der Waals surface area contributed by atoms with Crippen molar-refractivity contribution in [1.82, 2.24) is 29.9 Å². The Labute approximate surface area is 100 Å². The first-order valence-corrected chi connectivity index (χ1v) is 5.10. The first-order valence-electron chi connectivity index (χ1n) is 4.72. The molecule has 0 spiro atoms. The van der Waals surface area contributed by atoms with Gasteiger partial charge in [0.15, 0.2) is 0 Å². The number of para-hydroxylation sites is 1. The molecule has 0 aliphatic rings. The highest BCUT2D eigenvalue weighted by Gasteiger charge is 2.10. The zero-order valence-electron chi connectivity index (χ0n) is 8.45. The average molecular weight is 248 g/mol. The number of anilines is 1. The molecule has 0 aliphatic heterocycles. The summed E-state index contributed by atoms with van der Waals surface area (Å²) >= 11 is 5.71. The maximum atomic E-state index is 5.71. The minimum Gasteiger partial charge on any atom is -0.368 e. The number of nitrogen functional groups attached to an aromatic ring is 1. The Morgan fingerprint density at radius 1 is 1.12 bits per heavy atom. The second kappa shape index (κ2) is 3.63. The molecule has 3 rings (SSSR count). The number of hydrogen-bond donors (Lipinski definition) is 1. The molecule has 0 atom stereocenters. The second-order valence-electron chi connectivity index (χ2n) is 3.25. The van der Waals surface area contributed by atoms with Crippen molar-refractivity contribution >= 4 is 28.6 Å². The van der Waals surface area contributed by atoms with Gasteiger partial charge in [-0.3, -0.25) is 0 Å². The van der Waals surface area contributed by atoms with Gasteiger partial charge in [0.1, 0.15) is 5.52 Å². The van der Waals surface area contributed by atoms with E-state index in [0.717, 1.165) is 11.0 Å². The van der Waals surface area contributed by atoms with E-state index in [4.69, 9.17) is 17.3 Å². The number of hydrogen-bond acceptors (Lipinski definition) is 6. The number of rotatable bonds is 1. The van der Waals surface area contributed by atoms with Crippen LogP contribution < -0.4 is 5.73 Å². The number of aromatic nitrogens is 6. The molecule has 0 aliphatic carbocycles. The lowest BCUT2D eigenvalue weighted by Crippen LogP contribution is -2.07. The first kappa shape index (κ1) is 9.91. The Kier molecular flexibility index (Phi) is 2.12. The van der Waals surface area contributed by atoms with Crippen molar-refractivity contribution < 1.29 is 0 Å². The van der Waals surface area contributed by atoms with Gasteiger partial charge in [-0.1, -0.05) is 17.3 Å². The molecule has 0 saturated carbocycles. The lowest BCUT2D eigenvalue weighted by Gasteiger charge is -2.00. The van der Waals surface area contributed by atoms with Crippen molar-refractivity contribution in [2.24, 2.45) is 0 Å². The van der Waals surface area contributed by atoms with Crippen LogP contribution in [0.2, 0.25) is 5.28 Å². The van der Waals surface area contributed by atoms with Crippen LogP contribution >= 0.6 is 11.6 Å². The van der Waals surface area contributed by atoms with Gasteiger partial charge in [0.05, 0.1) is 5.52 Å². The van der Waals surface area contributed by atoms with E-state index < -0.39 is 0 Å². The van der Waals surface area contributed by atoms with Gasteiger partial charge in [0, 0.05) is 0 Å². The van der Waals surface area contributed by atoms with Gasteiger partial charge in [-0.25, -0.2) is 0 Å². The molecule has 0 saturated heterocycles. The van der Waals surface area contributed by atoms with E-state index >= 15 is 0 Å². The quantitative estimate of drug-likeness (QED) is 0.685. The van der Waals surface area contributed by atoms with Crippen LogP contribution in [-0.2, 0) is 0 Å². The zero-order chi connectivity index (χ0) is 11.8. The third-order valence-corrected chi connectivity index (χ3v) is 2.32. The minimum absolute atomic E-state index is 0.0204. The van der Waals surface area contributed by atoms with E-state index in [2.05, 4.69) is 25.3 Å². The maximum absolute atomic E-state index is 5.71. The van der Waals surface area contributed by atoms with E-state index in [0.29, 0.717) is 0 Å². The summed E-state index contributed by atoms with van der Waals surface area (Å²) in [7, 11) is 0. The van der Waals surface area contributed by atoms with Gasteiger partial charge in [-0.15, -0.1) is 5.10 Å². The van der Waals surface area contributed by atoms with Gasteiger partial charge in [0.25, 0.3) is 5.95 Å². The van der Waals surface area contributed by atoms with Crippen molar-refractivity contribution in [3.05, 3.63) is 29.5 Å². The number of benzene rings is 1. The molecular weight excluding hydrogens is 242 g/mol. The lowest BCUT2D eigenvalue weighted by atomic mass is 10.3. The second-order valence-corrected chi connectivity index (χ2v) is 3.59. The Morgan fingerprint density at radius 3 is 2.76 bits per heavy atom. The van der Waals surface area contributed by atoms with Crippen molar-refractivity contribution in [2.45, 2.75) is 0 Å². The van der Waals surface area contributed by atoms with E-state index in [1.54, 1.807) is 0 Å². The Hall–Kier alpha value is -2.28. The number of nitrogens with zero attached hydrogens (tertiary/aromatic N) is 6. The Morgan fingerprint density at radius 2 is 1.94 bits per heavy atom. The van der Waals surface area contributed by atoms with Crippen molar-refractivity contribution in [2.75, 3.05) is 5.73 Å². The molecule has 17 heavy (non-hydrogen) atoms. The van der Waals surface area contributed by atoms with Crippen molar-refractivity contribution in [1.29, 1.82) is 0 Å². The molecule has 3 aromatic rings. The summed E-state index contributed by atoms with van der Waals surface area (Å²) in [6.07, 6.45) is 0. The fourth-order valence-corrected chi connectivity index (χ4v) is 1.63. The molecule has 1 aromatic carbocycles. The summed E-state index contributed by atoms with van der Waals surface area (Å²) in [6, 6.07) is 7.43. The monoisotopic (exact) mass is 247 g/mol. The lowest BCUT2D eigenvalue weighted by molar-refractivity contribution is 0.768. The van der Waals surface area contributed by atoms with Crippen molar-refractivity contribution in [3.63, 3.8) is 0 Å². The van der Waals surface area contributed by atoms with Gasteiger partial charge in [0.2, 0.25) is 11.2 Å². The van der Waals surface area contributed by atoms with Gasteiger partial charge >= 0.3 is 0 Å². The normalized spacial score (nSPS) is 10.9. The van der Waals surface area contributed by atoms with Crippen LogP contribution in [0, 0.1) is 0 Å². The van der Waals surface area contributed by atoms with Crippen LogP contribution in [0.4, 0.5) is 5.95 Å². The van der Waals surface area contributed by atoms with E-state index in [1.165, 1.54) is 4.68 Å².